The van der Waals surface area contributed by atoms with Crippen LogP contribution in [0.1, 0.15) is 25.3 Å². The largest absolute Gasteiger partial charge is 0.497 e. The zero-order chi connectivity index (χ0) is 24.1. The third-order valence-corrected chi connectivity index (χ3v) is 6.92. The summed E-state index contributed by atoms with van der Waals surface area (Å²) in [5, 5.41) is 6.42. The fourth-order valence-corrected chi connectivity index (χ4v) is 4.91. The van der Waals surface area contributed by atoms with Crippen molar-refractivity contribution in [2.24, 2.45) is 5.92 Å². The SMILES string of the molecule is CCNC(=O)C1CCN(c2nc3ncn(CC(=O)NCc4ccc(OC)cc4)c(=O)c3s2)CC1. The third kappa shape index (κ3) is 5.36. The van der Waals surface area contributed by atoms with Gasteiger partial charge in [-0.3, -0.25) is 19.0 Å². The molecule has 10 nitrogen and oxygen atoms in total. The van der Waals surface area contributed by atoms with Gasteiger partial charge < -0.3 is 20.3 Å². The number of piperidine rings is 1. The van der Waals surface area contributed by atoms with Crippen LogP contribution in [0.3, 0.4) is 0 Å². The number of methoxy groups -OCH3 is 1. The van der Waals surface area contributed by atoms with E-state index in [1.54, 1.807) is 7.11 Å². The van der Waals surface area contributed by atoms with E-state index in [4.69, 9.17) is 4.74 Å². The Morgan fingerprint density at radius 3 is 2.59 bits per heavy atom. The summed E-state index contributed by atoms with van der Waals surface area (Å²) in [6.07, 6.45) is 2.85. The lowest BCUT2D eigenvalue weighted by molar-refractivity contribution is -0.125. The predicted octanol–water partition coefficient (Wildman–Crippen LogP) is 1.53. The number of amides is 2. The van der Waals surface area contributed by atoms with Crippen molar-refractivity contribution in [3.05, 3.63) is 46.5 Å². The van der Waals surface area contributed by atoms with Crippen LogP contribution in [0.2, 0.25) is 0 Å². The van der Waals surface area contributed by atoms with Crippen molar-refractivity contribution in [3.63, 3.8) is 0 Å². The maximum atomic E-state index is 12.9. The van der Waals surface area contributed by atoms with E-state index in [0.717, 1.165) is 29.3 Å². The molecule has 0 spiro atoms. The van der Waals surface area contributed by atoms with Crippen LogP contribution >= 0.6 is 11.3 Å². The van der Waals surface area contributed by atoms with Gasteiger partial charge in [0.2, 0.25) is 11.8 Å². The number of nitrogens with zero attached hydrogens (tertiary/aromatic N) is 4. The van der Waals surface area contributed by atoms with E-state index in [1.165, 1.54) is 22.2 Å². The van der Waals surface area contributed by atoms with Crippen LogP contribution in [0.15, 0.2) is 35.4 Å². The van der Waals surface area contributed by atoms with Crippen LogP contribution in [0, 0.1) is 5.92 Å². The molecule has 1 aliphatic heterocycles. The predicted molar refractivity (Wildman–Crippen MR) is 130 cm³/mol. The van der Waals surface area contributed by atoms with Crippen LogP contribution in [-0.2, 0) is 22.7 Å². The molecule has 1 fully saturated rings. The van der Waals surface area contributed by atoms with Crippen molar-refractivity contribution in [2.75, 3.05) is 31.6 Å². The highest BCUT2D eigenvalue weighted by atomic mass is 32.1. The van der Waals surface area contributed by atoms with E-state index >= 15 is 0 Å². The van der Waals surface area contributed by atoms with Gasteiger partial charge in [-0.2, -0.15) is 4.98 Å². The molecule has 0 bridgehead atoms. The molecule has 3 aromatic rings. The van der Waals surface area contributed by atoms with Gasteiger partial charge in [0.1, 0.15) is 23.3 Å². The second-order valence-corrected chi connectivity index (χ2v) is 9.09. The molecule has 0 saturated carbocycles. The average Bonchev–Trinajstić information content (AvgIpc) is 3.30. The Balaban J connectivity index is 1.38. The summed E-state index contributed by atoms with van der Waals surface area (Å²) in [5.41, 5.74) is 1.02. The number of rotatable bonds is 8. The zero-order valence-corrected chi connectivity index (χ0v) is 20.1. The fraction of sp³-hybridized carbons (Fsp3) is 0.435. The summed E-state index contributed by atoms with van der Waals surface area (Å²) < 4.78 is 6.85. The van der Waals surface area contributed by atoms with Gasteiger partial charge in [0.15, 0.2) is 10.8 Å². The van der Waals surface area contributed by atoms with Gasteiger partial charge in [-0.25, -0.2) is 4.98 Å². The normalized spacial score (nSPS) is 14.2. The van der Waals surface area contributed by atoms with Crippen molar-refractivity contribution in [3.8, 4) is 5.75 Å². The Bertz CT molecular complexity index is 1210. The number of hydrogen-bond donors (Lipinski definition) is 2. The van der Waals surface area contributed by atoms with E-state index in [1.807, 2.05) is 31.2 Å². The molecule has 180 valence electrons. The molecule has 1 aliphatic rings. The lowest BCUT2D eigenvalue weighted by atomic mass is 9.96. The maximum Gasteiger partial charge on any atom is 0.273 e. The first-order valence-electron chi connectivity index (χ1n) is 11.3. The lowest BCUT2D eigenvalue weighted by Crippen LogP contribution is -2.40. The van der Waals surface area contributed by atoms with Crippen LogP contribution in [0.5, 0.6) is 5.75 Å². The summed E-state index contributed by atoms with van der Waals surface area (Å²) in [6, 6.07) is 7.40. The first-order chi connectivity index (χ1) is 16.5. The standard InChI is InChI=1S/C23H28N6O4S/c1-3-24-21(31)16-8-10-28(11-9-16)23-27-20-19(34-23)22(32)29(14-26-20)13-18(30)25-12-15-4-6-17(33-2)7-5-15/h4-7,14,16H,3,8-13H2,1-2H3,(H,24,31)(H,25,30). The molecule has 2 N–H and O–H groups in total. The van der Waals surface area contributed by atoms with Gasteiger partial charge in [-0.15, -0.1) is 0 Å². The first-order valence-corrected chi connectivity index (χ1v) is 12.1. The van der Waals surface area contributed by atoms with E-state index in [2.05, 4.69) is 25.5 Å². The summed E-state index contributed by atoms with van der Waals surface area (Å²) >= 11 is 1.28. The quantitative estimate of drug-likeness (QED) is 0.498. The number of nitrogens with one attached hydrogen (secondary N) is 2. The van der Waals surface area contributed by atoms with Gasteiger partial charge in [-0.05, 0) is 37.5 Å². The van der Waals surface area contributed by atoms with Crippen molar-refractivity contribution in [1.29, 1.82) is 0 Å². The number of ether oxygens (including phenoxy) is 1. The smallest absolute Gasteiger partial charge is 0.273 e. The Labute approximate surface area is 201 Å². The molecule has 1 aromatic carbocycles. The number of carbonyl (C=O) groups excluding carboxylic acids is 2. The second kappa shape index (κ2) is 10.6. The molecular weight excluding hydrogens is 456 g/mol. The van der Waals surface area contributed by atoms with E-state index < -0.39 is 0 Å². The number of aromatic nitrogens is 3. The van der Waals surface area contributed by atoms with Crippen LogP contribution in [0.4, 0.5) is 5.13 Å². The highest BCUT2D eigenvalue weighted by molar-refractivity contribution is 7.22. The van der Waals surface area contributed by atoms with Crippen molar-refractivity contribution in [1.82, 2.24) is 25.2 Å². The van der Waals surface area contributed by atoms with Crippen LogP contribution < -0.4 is 25.8 Å². The molecule has 4 rings (SSSR count). The second-order valence-electron chi connectivity index (χ2n) is 8.11. The molecular formula is C23H28N6O4S. The van der Waals surface area contributed by atoms with Crippen molar-refractivity contribution in [2.45, 2.75) is 32.9 Å². The number of hydrogen-bond acceptors (Lipinski definition) is 8. The Hall–Kier alpha value is -3.47. The molecule has 2 aromatic heterocycles. The van der Waals surface area contributed by atoms with Crippen molar-refractivity contribution >= 4 is 38.6 Å². The molecule has 3 heterocycles. The Kier molecular flexibility index (Phi) is 7.41. The number of benzene rings is 1. The van der Waals surface area contributed by atoms with E-state index in [-0.39, 0.29) is 29.8 Å². The van der Waals surface area contributed by atoms with Crippen LogP contribution in [0.25, 0.3) is 10.3 Å². The van der Waals surface area contributed by atoms with Gasteiger partial charge in [0.05, 0.1) is 7.11 Å². The summed E-state index contributed by atoms with van der Waals surface area (Å²) in [6.45, 7) is 4.17. The number of anilines is 1. The van der Waals surface area contributed by atoms with E-state index in [9.17, 15) is 14.4 Å². The summed E-state index contributed by atoms with van der Waals surface area (Å²) in [5.74, 6) is 0.575. The number of thiazole rings is 1. The van der Waals surface area contributed by atoms with Gasteiger partial charge >= 0.3 is 0 Å². The monoisotopic (exact) mass is 484 g/mol. The average molecular weight is 485 g/mol. The third-order valence-electron chi connectivity index (χ3n) is 5.82. The fourth-order valence-electron chi connectivity index (χ4n) is 3.89. The number of fused-ring (bicyclic) bond motifs is 1. The summed E-state index contributed by atoms with van der Waals surface area (Å²) in [4.78, 5) is 48.3. The lowest BCUT2D eigenvalue weighted by Gasteiger charge is -2.30. The topological polar surface area (TPSA) is 118 Å². The minimum absolute atomic E-state index is 0.0114. The Morgan fingerprint density at radius 1 is 1.18 bits per heavy atom. The van der Waals surface area contributed by atoms with Gasteiger partial charge in [-0.1, -0.05) is 23.5 Å². The van der Waals surface area contributed by atoms with Gasteiger partial charge in [0, 0.05) is 32.1 Å². The molecule has 11 heteroatoms. The van der Waals surface area contributed by atoms with Crippen molar-refractivity contribution < 1.29 is 14.3 Å². The molecule has 0 aliphatic carbocycles. The molecule has 0 unspecified atom stereocenters. The minimum atomic E-state index is -0.287. The highest BCUT2D eigenvalue weighted by Gasteiger charge is 2.26. The Morgan fingerprint density at radius 2 is 1.91 bits per heavy atom. The zero-order valence-electron chi connectivity index (χ0n) is 19.2. The highest BCUT2D eigenvalue weighted by Crippen LogP contribution is 2.29. The minimum Gasteiger partial charge on any atom is -0.497 e. The summed E-state index contributed by atoms with van der Waals surface area (Å²) in [7, 11) is 1.60. The van der Waals surface area contributed by atoms with Crippen LogP contribution in [-0.4, -0.2) is 53.1 Å². The molecule has 34 heavy (non-hydrogen) atoms. The van der Waals surface area contributed by atoms with Gasteiger partial charge in [0.25, 0.3) is 5.56 Å². The molecule has 0 atom stereocenters. The molecule has 0 radical (unpaired) electrons. The first kappa shape index (κ1) is 23.7. The maximum absolute atomic E-state index is 12.9. The molecule has 1 saturated heterocycles. The number of carbonyl (C=O) groups is 2. The van der Waals surface area contributed by atoms with E-state index in [0.29, 0.717) is 36.5 Å². The molecule has 2 amide bonds.